The molecule has 0 spiro atoms. The number of nitrogens with two attached hydrogens (primary N) is 1. The molecule has 318 valence electrons. The van der Waals surface area contributed by atoms with Gasteiger partial charge in [0.2, 0.25) is 6.17 Å². The Morgan fingerprint density at radius 3 is 1.82 bits per heavy atom. The number of nitrogens with zero attached hydrogens (tertiary/aromatic N) is 3. The highest BCUT2D eigenvalue weighted by Crippen LogP contribution is 2.37. The molecule has 0 aromatic heterocycles. The molecule has 2 atom stereocenters. The van der Waals surface area contributed by atoms with Gasteiger partial charge >= 0.3 is 6.09 Å². The molecule has 0 fully saturated rings. The van der Waals surface area contributed by atoms with E-state index in [0.29, 0.717) is 59.6 Å². The lowest BCUT2D eigenvalue weighted by Gasteiger charge is -2.26. The van der Waals surface area contributed by atoms with Crippen molar-refractivity contribution in [3.63, 3.8) is 0 Å². The van der Waals surface area contributed by atoms with Crippen LogP contribution in [0.2, 0.25) is 30.1 Å². The summed E-state index contributed by atoms with van der Waals surface area (Å²) < 4.78 is 10.7. The maximum Gasteiger partial charge on any atom is 0.409 e. The van der Waals surface area contributed by atoms with Crippen molar-refractivity contribution in [3.05, 3.63) is 161 Å². The molecule has 7 rings (SSSR count). The minimum Gasteiger partial charge on any atom is -0.497 e. The summed E-state index contributed by atoms with van der Waals surface area (Å²) in [7, 11) is 1.59. The van der Waals surface area contributed by atoms with Gasteiger partial charge in [-0.1, -0.05) is 124 Å². The van der Waals surface area contributed by atoms with Crippen LogP contribution in [-0.4, -0.2) is 54.2 Å². The lowest BCUT2D eigenvalue weighted by atomic mass is 9.96. The Kier molecular flexibility index (Phi) is 15.8. The van der Waals surface area contributed by atoms with Gasteiger partial charge in [-0.25, -0.2) is 9.79 Å². The van der Waals surface area contributed by atoms with E-state index in [4.69, 9.17) is 89.8 Å². The van der Waals surface area contributed by atoms with Crippen molar-refractivity contribution in [3.8, 4) is 5.75 Å². The van der Waals surface area contributed by atoms with Crippen LogP contribution in [0.4, 0.5) is 10.5 Å². The highest BCUT2D eigenvalue weighted by atomic mass is 35.5. The van der Waals surface area contributed by atoms with Crippen molar-refractivity contribution in [2.24, 2.45) is 15.7 Å². The fourth-order valence-corrected chi connectivity index (χ4v) is 8.42. The van der Waals surface area contributed by atoms with Gasteiger partial charge in [0, 0.05) is 38.7 Å². The number of carbonyl (C=O) groups excluding carboxylic acids is 3. The fourth-order valence-electron chi connectivity index (χ4n) is 6.43. The standard InChI is InChI=1S/C28H26Cl3N3O4.C16H11Cl3N2O.ClH/c1-28(2,3)38-27(36)33-25-26(35)34(15-16-9-11-18(37-4)12-10-16)22-8-6-5-7-19(22)24(32-25)23-20(30)13-17(29)14-21(23)31;17-9-6-11(18)14(12(19)7-9)15-10-4-2-1-3-8(10)5-13(22)16(20)21-15;/h5-14,25H,15H2,1-4H3,(H,33,36);1-4,6-7,16H,5,20H2;1H. The minimum atomic E-state index is -1.33. The first-order valence-corrected chi connectivity index (χ1v) is 20.6. The second kappa shape index (κ2) is 20.2. The summed E-state index contributed by atoms with van der Waals surface area (Å²) in [5, 5.41) is 4.64. The molecule has 0 radical (unpaired) electrons. The fraction of sp³-hybridized carbons (Fsp3) is 0.205. The van der Waals surface area contributed by atoms with Gasteiger partial charge in [0.05, 0.1) is 50.9 Å². The molecular weight excluding hydrogens is 927 g/mol. The number of benzodiazepines with no additional fused rings is 1. The Morgan fingerprint density at radius 1 is 0.770 bits per heavy atom. The number of alkyl carbamates (subject to hydrolysis) is 1. The zero-order valence-corrected chi connectivity index (χ0v) is 38.3. The molecule has 2 unspecified atom stereocenters. The van der Waals surface area contributed by atoms with E-state index in [1.54, 1.807) is 63.1 Å². The van der Waals surface area contributed by atoms with Gasteiger partial charge in [0.25, 0.3) is 5.91 Å². The molecule has 5 aromatic carbocycles. The first-order chi connectivity index (χ1) is 28.4. The summed E-state index contributed by atoms with van der Waals surface area (Å²) in [6.45, 7) is 5.40. The predicted octanol–water partition coefficient (Wildman–Crippen LogP) is 11.2. The van der Waals surface area contributed by atoms with Gasteiger partial charge in [0.1, 0.15) is 11.4 Å². The van der Waals surface area contributed by atoms with Gasteiger partial charge in [0.15, 0.2) is 11.9 Å². The first kappa shape index (κ1) is 47.7. The van der Waals surface area contributed by atoms with E-state index in [9.17, 15) is 14.4 Å². The average molecular weight is 965 g/mol. The van der Waals surface area contributed by atoms with Crippen molar-refractivity contribution < 1.29 is 23.9 Å². The SMILES string of the molecule is COc1ccc(CN2C(=O)C(NC(=O)OC(C)(C)C)N=C(c3c(Cl)cc(Cl)cc3Cl)c3ccccc32)cc1.Cl.NC1N=C(c2c(Cl)cc(Cl)cc2Cl)c2ccccc2CC1=O. The van der Waals surface area contributed by atoms with Crippen LogP contribution in [0.15, 0.2) is 107 Å². The number of ketones is 1. The van der Waals surface area contributed by atoms with Gasteiger partial charge < -0.3 is 20.1 Å². The molecule has 5 aromatic rings. The van der Waals surface area contributed by atoms with E-state index < -0.39 is 29.9 Å². The first-order valence-electron chi connectivity index (χ1n) is 18.3. The summed E-state index contributed by atoms with van der Waals surface area (Å²) in [4.78, 5) is 49.4. The van der Waals surface area contributed by atoms with E-state index in [-0.39, 0.29) is 41.2 Å². The van der Waals surface area contributed by atoms with Gasteiger partial charge in [-0.2, -0.15) is 0 Å². The molecule has 0 aliphatic carbocycles. The number of nitrogens with one attached hydrogen (secondary N) is 1. The summed E-state index contributed by atoms with van der Waals surface area (Å²) in [5.41, 5.74) is 10.5. The van der Waals surface area contributed by atoms with Crippen LogP contribution in [0.1, 0.15) is 54.2 Å². The third kappa shape index (κ3) is 11.4. The molecule has 0 saturated carbocycles. The summed E-state index contributed by atoms with van der Waals surface area (Å²) in [5.74, 6) is 0.0810. The van der Waals surface area contributed by atoms with Gasteiger partial charge in [-0.05, 0) is 74.4 Å². The number of aliphatic imine (C=N–C) groups is 2. The molecule has 2 heterocycles. The number of hydrogen-bond donors (Lipinski definition) is 2. The van der Waals surface area contributed by atoms with Crippen LogP contribution >= 0.6 is 82.0 Å². The summed E-state index contributed by atoms with van der Waals surface area (Å²) >= 11 is 37.9. The van der Waals surface area contributed by atoms with E-state index >= 15 is 0 Å². The van der Waals surface area contributed by atoms with Crippen LogP contribution in [-0.2, 0) is 27.3 Å². The largest absolute Gasteiger partial charge is 0.497 e. The minimum absolute atomic E-state index is 0. The number of ether oxygens (including phenoxy) is 2. The van der Waals surface area contributed by atoms with Crippen molar-refractivity contribution >= 4 is 117 Å². The molecule has 2 aliphatic rings. The molecule has 0 bridgehead atoms. The van der Waals surface area contributed by atoms with Crippen LogP contribution in [0, 0.1) is 0 Å². The zero-order chi connectivity index (χ0) is 43.5. The summed E-state index contributed by atoms with van der Waals surface area (Å²) in [6, 6.07) is 28.4. The Bertz CT molecular complexity index is 2500. The van der Waals surface area contributed by atoms with Crippen LogP contribution in [0.3, 0.4) is 0 Å². The monoisotopic (exact) mass is 961 g/mol. The predicted molar refractivity (Wildman–Crippen MR) is 248 cm³/mol. The van der Waals surface area contributed by atoms with Crippen LogP contribution in [0.25, 0.3) is 0 Å². The molecule has 2 amide bonds. The number of hydrogen-bond acceptors (Lipinski definition) is 8. The lowest BCUT2D eigenvalue weighted by molar-refractivity contribution is -0.120. The maximum absolute atomic E-state index is 14.0. The van der Waals surface area contributed by atoms with Gasteiger partial charge in [-0.3, -0.25) is 19.9 Å². The number of anilines is 1. The number of methoxy groups -OCH3 is 1. The highest BCUT2D eigenvalue weighted by Gasteiger charge is 2.35. The Morgan fingerprint density at radius 2 is 1.28 bits per heavy atom. The second-order valence-electron chi connectivity index (χ2n) is 14.5. The molecule has 3 N–H and O–H groups in total. The number of rotatable bonds is 6. The Balaban J connectivity index is 0.000000260. The lowest BCUT2D eigenvalue weighted by Crippen LogP contribution is -2.48. The topological polar surface area (TPSA) is 136 Å². The third-order valence-corrected chi connectivity index (χ3v) is 10.7. The number of para-hydroxylation sites is 1. The Labute approximate surface area is 389 Å². The molecule has 10 nitrogen and oxygen atoms in total. The molecule has 0 saturated heterocycles. The smallest absolute Gasteiger partial charge is 0.409 e. The molecule has 61 heavy (non-hydrogen) atoms. The van der Waals surface area contributed by atoms with Crippen LogP contribution < -0.4 is 20.7 Å². The number of fused-ring (bicyclic) bond motifs is 2. The molecular formula is C44H38Cl7N5O5. The Hall–Kier alpha value is -4.36. The van der Waals surface area contributed by atoms with E-state index in [1.165, 1.54) is 0 Å². The van der Waals surface area contributed by atoms with Gasteiger partial charge in [-0.15, -0.1) is 12.4 Å². The molecule has 2 aliphatic heterocycles. The second-order valence-corrected chi connectivity index (χ2v) is 17.0. The zero-order valence-electron chi connectivity index (χ0n) is 32.9. The third-order valence-electron chi connectivity index (χ3n) is 9.08. The molecule has 17 heteroatoms. The number of carbonyl (C=O) groups is 3. The van der Waals surface area contributed by atoms with Crippen molar-refractivity contribution in [2.75, 3.05) is 12.0 Å². The van der Waals surface area contributed by atoms with E-state index in [0.717, 1.165) is 16.7 Å². The number of amides is 2. The normalized spacial score (nSPS) is 16.0. The van der Waals surface area contributed by atoms with E-state index in [1.807, 2.05) is 66.7 Å². The van der Waals surface area contributed by atoms with E-state index in [2.05, 4.69) is 10.3 Å². The van der Waals surface area contributed by atoms with Crippen molar-refractivity contribution in [1.29, 1.82) is 0 Å². The van der Waals surface area contributed by atoms with Crippen molar-refractivity contribution in [1.82, 2.24) is 5.32 Å². The highest BCUT2D eigenvalue weighted by molar-refractivity contribution is 6.45. The average Bonchev–Trinajstić information content (AvgIpc) is 3.36. The summed E-state index contributed by atoms with van der Waals surface area (Å²) in [6.07, 6.45) is -2.83. The van der Waals surface area contributed by atoms with Crippen LogP contribution in [0.5, 0.6) is 5.75 Å². The van der Waals surface area contributed by atoms with Crippen molar-refractivity contribution in [2.45, 2.75) is 51.7 Å². The quantitative estimate of drug-likeness (QED) is 0.174. The number of halogens is 7. The number of Topliss-reactive ketones (excluding diaryl/α,β-unsaturated/α-hetero) is 1. The number of benzene rings is 5. The maximum atomic E-state index is 14.0.